The van der Waals surface area contributed by atoms with Crippen LogP contribution in [0.2, 0.25) is 0 Å². The van der Waals surface area contributed by atoms with Crippen molar-refractivity contribution in [3.05, 3.63) is 16.3 Å². The molecule has 5 N–H and O–H groups in total. The molecule has 2 saturated carbocycles. The maximum Gasteiger partial charge on any atom is 0.327 e. The van der Waals surface area contributed by atoms with Crippen LogP contribution < -0.4 is 21.3 Å². The van der Waals surface area contributed by atoms with Crippen molar-refractivity contribution in [2.75, 3.05) is 13.6 Å². The molecule has 0 bridgehead atoms. The lowest BCUT2D eigenvalue weighted by atomic mass is 9.79. The summed E-state index contributed by atoms with van der Waals surface area (Å²) in [5.74, 6) is -1.67. The van der Waals surface area contributed by atoms with E-state index >= 15 is 0 Å². The molecule has 2 aliphatic carbocycles. The van der Waals surface area contributed by atoms with Gasteiger partial charge in [-0.05, 0) is 77.7 Å². The second-order valence-electron chi connectivity index (χ2n) is 17.1. The molecule has 0 saturated heterocycles. The Labute approximate surface area is 321 Å². The number of ketones is 2. The number of unbranched alkanes of at least 4 members (excludes halogenated alkanes) is 1. The van der Waals surface area contributed by atoms with Crippen molar-refractivity contribution in [1.82, 2.24) is 25.6 Å². The van der Waals surface area contributed by atoms with Crippen LogP contribution in [0.1, 0.15) is 130 Å². The summed E-state index contributed by atoms with van der Waals surface area (Å²) in [7, 11) is -1.97. The van der Waals surface area contributed by atoms with E-state index in [4.69, 9.17) is 0 Å². The molecule has 2 heterocycles. The van der Waals surface area contributed by atoms with Crippen molar-refractivity contribution >= 4 is 51.1 Å². The third kappa shape index (κ3) is 10.8. The number of fused-ring (bicyclic) bond motifs is 1. The largest absolute Gasteiger partial charge is 0.353 e. The van der Waals surface area contributed by atoms with Crippen LogP contribution in [0.5, 0.6) is 0 Å². The van der Waals surface area contributed by atoms with Gasteiger partial charge in [0, 0.05) is 25.5 Å². The zero-order chi connectivity index (χ0) is 39.1. The number of likely N-dealkylation sites (N-methyl/N-ethyl adjacent to an activating group) is 1. The molecule has 53 heavy (non-hydrogen) atoms. The van der Waals surface area contributed by atoms with Gasteiger partial charge in [0.1, 0.15) is 0 Å². The SMILES string of the molecule is CCCCC(NC(=O)[C@H]1CCC(CC(=O)[C@@H](NC(=O)NC2(CN3Cc4sccc4[S+]3(=O)O)CCCCC2)C(C)(C)C)CCC1C(C)C)C(=O)C(=O)NC. The molecular weight excluding hydrogens is 715 g/mol. The third-order valence-electron chi connectivity index (χ3n) is 11.7. The van der Waals surface area contributed by atoms with E-state index in [1.54, 1.807) is 10.4 Å². The predicted molar refractivity (Wildman–Crippen MR) is 208 cm³/mol. The monoisotopic (exact) mass is 778 g/mol. The number of amides is 4. The quantitative estimate of drug-likeness (QED) is 0.0795. The second kappa shape index (κ2) is 18.3. The summed E-state index contributed by atoms with van der Waals surface area (Å²) >= 11 is 1.47. The van der Waals surface area contributed by atoms with Crippen molar-refractivity contribution in [3.8, 4) is 0 Å². The predicted octanol–water partition coefficient (Wildman–Crippen LogP) is 6.25. The zero-order valence-corrected chi connectivity index (χ0v) is 34.5. The first-order chi connectivity index (χ1) is 24.9. The van der Waals surface area contributed by atoms with Gasteiger partial charge in [-0.1, -0.05) is 78.0 Å². The fraction of sp³-hybridized carbons (Fsp3) is 0.769. The van der Waals surface area contributed by atoms with Crippen LogP contribution in [-0.4, -0.2) is 69.5 Å². The number of nitrogens with zero attached hydrogens (tertiary/aromatic N) is 1. The highest BCUT2D eigenvalue weighted by atomic mass is 32.3. The minimum Gasteiger partial charge on any atom is -0.353 e. The van der Waals surface area contributed by atoms with Gasteiger partial charge in [-0.15, -0.1) is 11.3 Å². The minimum atomic E-state index is -3.38. The molecule has 4 unspecified atom stereocenters. The van der Waals surface area contributed by atoms with Crippen LogP contribution in [0.3, 0.4) is 0 Å². The maximum absolute atomic E-state index is 14.1. The van der Waals surface area contributed by atoms with E-state index < -0.39 is 51.2 Å². The van der Waals surface area contributed by atoms with Crippen LogP contribution >= 0.6 is 11.3 Å². The molecule has 1 aliphatic heterocycles. The first-order valence-electron chi connectivity index (χ1n) is 19.7. The molecule has 12 nitrogen and oxygen atoms in total. The smallest absolute Gasteiger partial charge is 0.327 e. The van der Waals surface area contributed by atoms with E-state index in [0.717, 1.165) is 43.4 Å². The van der Waals surface area contributed by atoms with Gasteiger partial charge < -0.3 is 21.3 Å². The van der Waals surface area contributed by atoms with Crippen LogP contribution in [0.4, 0.5) is 4.79 Å². The fourth-order valence-corrected chi connectivity index (χ4v) is 11.7. The summed E-state index contributed by atoms with van der Waals surface area (Å²) in [5, 5.41) is 13.4. The molecular formula is C39H64N5O7S2+. The molecule has 1 aromatic rings. The number of hydrogen-bond donors (Lipinski definition) is 5. The lowest BCUT2D eigenvalue weighted by molar-refractivity contribution is -0.140. The Morgan fingerprint density at radius 3 is 2.32 bits per heavy atom. The number of carbonyl (C=O) groups excluding carboxylic acids is 5. The molecule has 4 rings (SSSR count). The topological polar surface area (TPSA) is 174 Å². The Kier molecular flexibility index (Phi) is 14.9. The van der Waals surface area contributed by atoms with Crippen LogP contribution in [0, 0.1) is 29.1 Å². The average Bonchev–Trinajstić information content (AvgIpc) is 3.57. The highest BCUT2D eigenvalue weighted by molar-refractivity contribution is 7.96. The lowest BCUT2D eigenvalue weighted by Crippen LogP contribution is -2.62. The molecule has 0 spiro atoms. The van der Waals surface area contributed by atoms with Crippen LogP contribution in [0.15, 0.2) is 16.3 Å². The maximum atomic E-state index is 14.1. The normalized spacial score (nSPS) is 25.8. The number of thiophene rings is 1. The lowest BCUT2D eigenvalue weighted by Gasteiger charge is -2.40. The third-order valence-corrected chi connectivity index (χ3v) is 14.7. The Morgan fingerprint density at radius 2 is 1.72 bits per heavy atom. The summed E-state index contributed by atoms with van der Waals surface area (Å²) in [5.41, 5.74) is -1.27. The van der Waals surface area contributed by atoms with Gasteiger partial charge >= 0.3 is 16.4 Å². The van der Waals surface area contributed by atoms with Gasteiger partial charge in [-0.3, -0.25) is 19.2 Å². The van der Waals surface area contributed by atoms with Crippen molar-refractivity contribution < 1.29 is 32.7 Å². The van der Waals surface area contributed by atoms with Crippen LogP contribution in [-0.2, 0) is 40.3 Å². The highest BCUT2D eigenvalue weighted by Crippen LogP contribution is 2.41. The van der Waals surface area contributed by atoms with E-state index in [0.29, 0.717) is 50.0 Å². The van der Waals surface area contributed by atoms with Gasteiger partial charge in [0.25, 0.3) is 5.91 Å². The molecule has 1 aromatic heterocycles. The molecule has 0 aromatic carbocycles. The van der Waals surface area contributed by atoms with E-state index in [2.05, 4.69) is 35.1 Å². The van der Waals surface area contributed by atoms with Crippen molar-refractivity contribution in [1.29, 1.82) is 0 Å². The highest BCUT2D eigenvalue weighted by Gasteiger charge is 2.52. The Hall–Kier alpha value is -2.68. The summed E-state index contributed by atoms with van der Waals surface area (Å²) in [6, 6.07) is -0.365. The minimum absolute atomic E-state index is 0.0265. The molecule has 14 heteroatoms. The molecule has 6 atom stereocenters. The molecule has 0 radical (unpaired) electrons. The number of nitrogens with one attached hydrogen (secondary N) is 4. The number of urea groups is 1. The van der Waals surface area contributed by atoms with Gasteiger partial charge in [0.2, 0.25) is 16.6 Å². The summed E-state index contributed by atoms with van der Waals surface area (Å²) in [6.45, 7) is 12.6. The van der Waals surface area contributed by atoms with Crippen LogP contribution in [0.25, 0.3) is 0 Å². The number of carbonyl (C=O) groups is 5. The van der Waals surface area contributed by atoms with Crippen molar-refractivity contribution in [2.24, 2.45) is 29.1 Å². The molecule has 2 fully saturated rings. The Morgan fingerprint density at radius 1 is 1.04 bits per heavy atom. The van der Waals surface area contributed by atoms with E-state index in [1.807, 2.05) is 33.1 Å². The van der Waals surface area contributed by atoms with E-state index in [1.165, 1.54) is 18.4 Å². The number of Topliss-reactive ketones (excluding diaryl/α,β-unsaturated/α-hetero) is 2. The molecule has 298 valence electrons. The summed E-state index contributed by atoms with van der Waals surface area (Å²) in [6.07, 6.45) is 9.13. The van der Waals surface area contributed by atoms with E-state index in [-0.39, 0.29) is 48.3 Å². The standard InChI is InChI=1S/C39H63N5O7S2/c1-8-9-13-29(33(46)36(48)40-7)41-35(47)28-17-15-26(14-16-27(28)25(2)3)22-30(45)34(38(4,5)6)42-37(49)43-39(19-11-10-12-20-39)24-44-23-31-32(18-21-52-31)53(44,50)51/h18,21,25-29,34H,8-17,19-20,22-24H2,1-7H3,(H4-,40,41,42,43,47,48,49,50,51)/p+1/t26?,27?,28-,29?,34+/m0/s1. The fourth-order valence-electron chi connectivity index (χ4n) is 8.66. The van der Waals surface area contributed by atoms with Crippen molar-refractivity contribution in [2.45, 2.75) is 154 Å². The molecule has 3 aliphatic rings. The van der Waals surface area contributed by atoms with Gasteiger partial charge in [0.15, 0.2) is 5.78 Å². The Bertz CT molecular complexity index is 1520. The zero-order valence-electron chi connectivity index (χ0n) is 32.9. The first-order valence-corrected chi connectivity index (χ1v) is 22.0. The molecule has 4 amide bonds. The van der Waals surface area contributed by atoms with Gasteiger partial charge in [0.05, 0.1) is 35.6 Å². The average molecular weight is 779 g/mol. The van der Waals surface area contributed by atoms with E-state index in [9.17, 15) is 32.7 Å². The van der Waals surface area contributed by atoms with Gasteiger partial charge in [-0.25, -0.2) is 4.79 Å². The Balaban J connectivity index is 1.42. The summed E-state index contributed by atoms with van der Waals surface area (Å²) in [4.78, 5) is 68.0. The number of hydrogen-bond acceptors (Lipinski definition) is 7. The summed E-state index contributed by atoms with van der Waals surface area (Å²) < 4.78 is 26.1. The first kappa shape index (κ1) is 43.1. The van der Waals surface area contributed by atoms with Gasteiger partial charge in [-0.2, -0.15) is 4.55 Å². The second-order valence-corrected chi connectivity index (χ2v) is 20.0. The van der Waals surface area contributed by atoms with Crippen molar-refractivity contribution in [3.63, 3.8) is 0 Å². The number of rotatable bonds is 15.